The number of hydrogen-bond donors (Lipinski definition) is 0. The molecule has 1 aliphatic heterocycles. The molecule has 0 spiro atoms. The van der Waals surface area contributed by atoms with Crippen LogP contribution in [-0.4, -0.2) is 0 Å². The first kappa shape index (κ1) is 28.7. The third kappa shape index (κ3) is 4.73. The van der Waals surface area contributed by atoms with Crippen LogP contribution in [0.3, 0.4) is 0 Å². The molecule has 0 N–H and O–H groups in total. The lowest BCUT2D eigenvalue weighted by Gasteiger charge is -2.28. The van der Waals surface area contributed by atoms with E-state index in [0.29, 0.717) is 0 Å². The van der Waals surface area contributed by atoms with Gasteiger partial charge in [0.25, 0.3) is 0 Å². The van der Waals surface area contributed by atoms with Crippen LogP contribution >= 0.6 is 11.8 Å². The monoisotopic (exact) mass is 635 g/mol. The zero-order valence-electron chi connectivity index (χ0n) is 26.9. The second-order valence-electron chi connectivity index (χ2n) is 13.0. The van der Waals surface area contributed by atoms with Gasteiger partial charge in [0.2, 0.25) is 0 Å². The molecular formula is C45H33NOS. The highest BCUT2D eigenvalue weighted by Gasteiger charge is 2.35. The third-order valence-corrected chi connectivity index (χ3v) is 10.9. The van der Waals surface area contributed by atoms with E-state index in [1.807, 2.05) is 12.1 Å². The first-order chi connectivity index (χ1) is 23.5. The molecule has 0 saturated carbocycles. The second-order valence-corrected chi connectivity index (χ2v) is 14.1. The SMILES string of the molecule is CC1(C)c2ccccc2-c2ccc(N(c3ccc(-c4ccccc4)cc3)c3ccc(-c4cccc5c4Oc4ccccc4S5)cc3)cc21. The van der Waals surface area contributed by atoms with Crippen molar-refractivity contribution in [3.8, 4) is 44.9 Å². The largest absolute Gasteiger partial charge is 0.454 e. The Labute approximate surface area is 286 Å². The summed E-state index contributed by atoms with van der Waals surface area (Å²) in [6.07, 6.45) is 0. The quantitative estimate of drug-likeness (QED) is 0.187. The fourth-order valence-corrected chi connectivity index (χ4v) is 8.26. The molecule has 1 aliphatic carbocycles. The molecule has 2 nitrogen and oxygen atoms in total. The number of rotatable bonds is 5. The lowest BCUT2D eigenvalue weighted by Crippen LogP contribution is -2.16. The molecule has 0 aromatic heterocycles. The number of hydrogen-bond acceptors (Lipinski definition) is 3. The molecule has 0 unspecified atom stereocenters. The van der Waals surface area contributed by atoms with Gasteiger partial charge in [-0.2, -0.15) is 0 Å². The standard InChI is InChI=1S/C45H33NOS/c1-45(2)39-15-7-6-13-37(39)38-28-27-35(29-40(38)45)46(33-23-19-31(20-24-33)30-11-4-3-5-12-30)34-25-21-32(22-26-34)36-14-10-18-43-44(36)47-41-16-8-9-17-42(41)48-43/h3-29H,1-2H3. The Kier molecular flexibility index (Phi) is 6.77. The second kappa shape index (κ2) is 11.3. The molecule has 0 atom stereocenters. The Morgan fingerprint density at radius 2 is 1.04 bits per heavy atom. The topological polar surface area (TPSA) is 12.5 Å². The lowest BCUT2D eigenvalue weighted by atomic mass is 9.82. The molecule has 48 heavy (non-hydrogen) atoms. The van der Waals surface area contributed by atoms with Crippen molar-refractivity contribution < 1.29 is 4.74 Å². The number of benzene rings is 7. The predicted molar refractivity (Wildman–Crippen MR) is 200 cm³/mol. The molecule has 7 aromatic carbocycles. The summed E-state index contributed by atoms with van der Waals surface area (Å²) in [6.45, 7) is 4.68. The van der Waals surface area contributed by atoms with Crippen molar-refractivity contribution in [2.24, 2.45) is 0 Å². The van der Waals surface area contributed by atoms with Gasteiger partial charge < -0.3 is 9.64 Å². The molecule has 2 aliphatic rings. The summed E-state index contributed by atoms with van der Waals surface area (Å²) < 4.78 is 6.48. The Morgan fingerprint density at radius 1 is 0.458 bits per heavy atom. The summed E-state index contributed by atoms with van der Waals surface area (Å²) in [6, 6.07) is 58.9. The summed E-state index contributed by atoms with van der Waals surface area (Å²) in [4.78, 5) is 4.66. The van der Waals surface area contributed by atoms with Gasteiger partial charge in [-0.3, -0.25) is 0 Å². The molecule has 0 radical (unpaired) electrons. The number of nitrogens with zero attached hydrogens (tertiary/aromatic N) is 1. The van der Waals surface area contributed by atoms with E-state index in [1.54, 1.807) is 11.8 Å². The Hall–Kier alpha value is -5.51. The van der Waals surface area contributed by atoms with Gasteiger partial charge >= 0.3 is 0 Å². The molecule has 7 aromatic rings. The molecule has 1 heterocycles. The maximum atomic E-state index is 6.48. The van der Waals surface area contributed by atoms with E-state index in [9.17, 15) is 0 Å². The van der Waals surface area contributed by atoms with Crippen molar-refractivity contribution in [3.63, 3.8) is 0 Å². The van der Waals surface area contributed by atoms with Gasteiger partial charge in [0.05, 0.1) is 9.79 Å². The van der Waals surface area contributed by atoms with Gasteiger partial charge in [-0.1, -0.05) is 135 Å². The van der Waals surface area contributed by atoms with Gasteiger partial charge in [0.15, 0.2) is 0 Å². The first-order valence-corrected chi connectivity index (χ1v) is 17.2. The van der Waals surface area contributed by atoms with E-state index >= 15 is 0 Å². The van der Waals surface area contributed by atoms with Crippen molar-refractivity contribution in [1.29, 1.82) is 0 Å². The van der Waals surface area contributed by atoms with E-state index in [2.05, 4.69) is 170 Å². The van der Waals surface area contributed by atoms with Crippen LogP contribution in [0.25, 0.3) is 33.4 Å². The smallest absolute Gasteiger partial charge is 0.149 e. The van der Waals surface area contributed by atoms with Crippen LogP contribution in [0, 0.1) is 0 Å². The van der Waals surface area contributed by atoms with E-state index in [0.717, 1.165) is 49.5 Å². The minimum atomic E-state index is -0.0857. The van der Waals surface area contributed by atoms with Crippen molar-refractivity contribution in [2.75, 3.05) is 4.90 Å². The van der Waals surface area contributed by atoms with Gasteiger partial charge in [-0.25, -0.2) is 0 Å². The number of ether oxygens (including phenoxy) is 1. The van der Waals surface area contributed by atoms with E-state index < -0.39 is 0 Å². The number of fused-ring (bicyclic) bond motifs is 5. The average molecular weight is 636 g/mol. The van der Waals surface area contributed by atoms with Gasteiger partial charge in [0.1, 0.15) is 11.5 Å². The van der Waals surface area contributed by atoms with Crippen molar-refractivity contribution in [2.45, 2.75) is 29.1 Å². The van der Waals surface area contributed by atoms with Crippen LogP contribution in [0.4, 0.5) is 17.1 Å². The zero-order valence-corrected chi connectivity index (χ0v) is 27.7. The van der Waals surface area contributed by atoms with E-state index in [4.69, 9.17) is 4.74 Å². The predicted octanol–water partition coefficient (Wildman–Crippen LogP) is 13.1. The van der Waals surface area contributed by atoms with Gasteiger partial charge in [-0.15, -0.1) is 0 Å². The highest BCUT2D eigenvalue weighted by Crippen LogP contribution is 2.52. The van der Waals surface area contributed by atoms with Crippen molar-refractivity contribution >= 4 is 28.8 Å². The Morgan fingerprint density at radius 3 is 1.83 bits per heavy atom. The molecule has 0 fully saturated rings. The molecular weight excluding hydrogens is 603 g/mol. The summed E-state index contributed by atoms with van der Waals surface area (Å²) in [7, 11) is 0. The summed E-state index contributed by atoms with van der Waals surface area (Å²) in [5.74, 6) is 1.83. The molecule has 0 saturated heterocycles. The summed E-state index contributed by atoms with van der Waals surface area (Å²) >= 11 is 1.77. The van der Waals surface area contributed by atoms with Crippen LogP contribution in [0.2, 0.25) is 0 Å². The van der Waals surface area contributed by atoms with Crippen LogP contribution < -0.4 is 9.64 Å². The first-order valence-electron chi connectivity index (χ1n) is 16.4. The summed E-state index contributed by atoms with van der Waals surface area (Å²) in [5.41, 5.74) is 13.3. The maximum Gasteiger partial charge on any atom is 0.149 e. The highest BCUT2D eigenvalue weighted by molar-refractivity contribution is 7.99. The van der Waals surface area contributed by atoms with Crippen LogP contribution in [0.1, 0.15) is 25.0 Å². The summed E-state index contributed by atoms with van der Waals surface area (Å²) in [5, 5.41) is 0. The van der Waals surface area contributed by atoms with Gasteiger partial charge in [-0.05, 0) is 93.5 Å². The molecule has 230 valence electrons. The number of anilines is 3. The fourth-order valence-electron chi connectivity index (χ4n) is 7.28. The molecule has 3 heteroatoms. The lowest BCUT2D eigenvalue weighted by molar-refractivity contribution is 0.456. The van der Waals surface area contributed by atoms with Crippen LogP contribution in [0.15, 0.2) is 174 Å². The van der Waals surface area contributed by atoms with Crippen LogP contribution in [0.5, 0.6) is 11.5 Å². The minimum Gasteiger partial charge on any atom is -0.454 e. The average Bonchev–Trinajstić information content (AvgIpc) is 3.37. The minimum absolute atomic E-state index is 0.0857. The highest BCUT2D eigenvalue weighted by atomic mass is 32.2. The number of para-hydroxylation sites is 2. The Balaban J connectivity index is 1.13. The molecule has 0 bridgehead atoms. The maximum absolute atomic E-state index is 6.48. The third-order valence-electron chi connectivity index (χ3n) is 9.75. The van der Waals surface area contributed by atoms with Crippen molar-refractivity contribution in [3.05, 3.63) is 175 Å². The van der Waals surface area contributed by atoms with E-state index in [1.165, 1.54) is 33.4 Å². The molecule has 0 amide bonds. The van der Waals surface area contributed by atoms with Gasteiger partial charge in [0, 0.05) is 28.0 Å². The fraction of sp³-hybridized carbons (Fsp3) is 0.0667. The zero-order chi connectivity index (χ0) is 32.2. The van der Waals surface area contributed by atoms with Crippen molar-refractivity contribution in [1.82, 2.24) is 0 Å². The normalized spacial score (nSPS) is 13.5. The van der Waals surface area contributed by atoms with Crippen LogP contribution in [-0.2, 0) is 5.41 Å². The Bertz CT molecular complexity index is 2310. The molecule has 9 rings (SSSR count). The van der Waals surface area contributed by atoms with E-state index in [-0.39, 0.29) is 5.41 Å².